The van der Waals surface area contributed by atoms with Crippen LogP contribution in [0.3, 0.4) is 0 Å². The molecule has 9 heteroatoms. The van der Waals surface area contributed by atoms with Crippen molar-refractivity contribution < 1.29 is 4.39 Å². The Bertz CT molecular complexity index is 2180. The second-order valence-electron chi connectivity index (χ2n) is 11.9. The van der Waals surface area contributed by atoms with Gasteiger partial charge in [-0.2, -0.15) is 5.10 Å². The maximum atomic E-state index is 14.8. The fraction of sp³-hybridized carbons (Fsp3) is 0.175. The lowest BCUT2D eigenvalue weighted by atomic mass is 10.0. The van der Waals surface area contributed by atoms with Gasteiger partial charge in [0.15, 0.2) is 0 Å². The number of aromatic nitrogens is 4. The molecule has 0 aliphatic heterocycles. The highest BCUT2D eigenvalue weighted by atomic mass is 19.1. The summed E-state index contributed by atoms with van der Waals surface area (Å²) in [5, 5.41) is 13.8. The first-order chi connectivity index (χ1) is 23.7. The number of hydrogen-bond acceptors (Lipinski definition) is 5. The fourth-order valence-electron chi connectivity index (χ4n) is 5.54. The van der Waals surface area contributed by atoms with Gasteiger partial charge in [0.05, 0.1) is 28.5 Å². The molecular weight excluding hydrogens is 611 g/mol. The van der Waals surface area contributed by atoms with Gasteiger partial charge >= 0.3 is 0 Å². The number of aromatic amines is 2. The van der Waals surface area contributed by atoms with Crippen molar-refractivity contribution in [2.45, 2.75) is 20.3 Å². The monoisotopic (exact) mass is 654 g/mol. The average Bonchev–Trinajstić information content (AvgIpc) is 3.70. The quantitative estimate of drug-likeness (QED) is 0.0660. The Morgan fingerprint density at radius 2 is 1.90 bits per heavy atom. The number of fused-ring (bicyclic) bond motifs is 1. The third kappa shape index (κ3) is 8.57. The van der Waals surface area contributed by atoms with Gasteiger partial charge in [0, 0.05) is 47.6 Å². The van der Waals surface area contributed by atoms with Gasteiger partial charge in [-0.25, -0.2) is 9.38 Å². The molecule has 0 fully saturated rings. The van der Waals surface area contributed by atoms with Gasteiger partial charge in [-0.15, -0.1) is 0 Å². The Morgan fingerprint density at radius 1 is 1.10 bits per heavy atom. The topological polar surface area (TPSA) is 111 Å². The van der Waals surface area contributed by atoms with Crippen LogP contribution < -0.4 is 21.6 Å². The number of amidine groups is 1. The number of halogens is 1. The van der Waals surface area contributed by atoms with Crippen molar-refractivity contribution in [2.24, 2.45) is 10.7 Å². The third-order valence-corrected chi connectivity index (χ3v) is 8.03. The Balaban J connectivity index is 1.49. The number of allylic oxidation sites excluding steroid dienone is 5. The molecule has 0 saturated carbocycles. The van der Waals surface area contributed by atoms with Crippen LogP contribution in [-0.2, 0) is 6.42 Å². The van der Waals surface area contributed by atoms with Crippen LogP contribution in [0, 0.1) is 5.82 Å². The summed E-state index contributed by atoms with van der Waals surface area (Å²) >= 11 is 0. The number of pyridine rings is 1. The van der Waals surface area contributed by atoms with E-state index in [1.807, 2.05) is 94.7 Å². The molecule has 8 nitrogen and oxygen atoms in total. The summed E-state index contributed by atoms with van der Waals surface area (Å²) in [6, 6.07) is 17.0. The Hall–Kier alpha value is -5.80. The standard InChI is InChI=1S/C40H43FN8/c1-7-28(20-31(8-2)45-39(42)18-27-13-11-10-12-14-27)26(4)17-34-36(9-3)47-48-40(34)37-23-33-35(24-43-25-38(33)46-37)29-19-30(41)22-32(21-29)44-15-16-49(5)6/h7-14,17,19-25,44,46-47H,2,4,15-16,18H2,1,3,5-6H3,(H2,42,45)/b28-7+,31-20+,34-17+,36-9+. The zero-order valence-corrected chi connectivity index (χ0v) is 28.5. The molecule has 3 aromatic heterocycles. The number of likely N-dealkylation sites (N-methyl/N-ethyl adjacent to an activating group) is 1. The summed E-state index contributed by atoms with van der Waals surface area (Å²) in [4.78, 5) is 14.6. The largest absolute Gasteiger partial charge is 0.387 e. The number of benzene rings is 2. The normalized spacial score (nSPS) is 13.5. The van der Waals surface area contributed by atoms with Crippen LogP contribution in [0.2, 0.25) is 0 Å². The van der Waals surface area contributed by atoms with Gasteiger partial charge < -0.3 is 20.9 Å². The summed E-state index contributed by atoms with van der Waals surface area (Å²) < 4.78 is 14.8. The number of aliphatic imine (C=N–C) groups is 1. The maximum Gasteiger partial charge on any atom is 0.125 e. The minimum atomic E-state index is -0.318. The van der Waals surface area contributed by atoms with Crippen molar-refractivity contribution in [2.75, 3.05) is 32.5 Å². The first-order valence-corrected chi connectivity index (χ1v) is 16.1. The van der Waals surface area contributed by atoms with Crippen molar-refractivity contribution in [3.8, 4) is 22.5 Å². The lowest BCUT2D eigenvalue weighted by molar-refractivity contribution is 0.425. The molecule has 0 spiro atoms. The lowest BCUT2D eigenvalue weighted by Crippen LogP contribution is -2.23. The predicted octanol–water partition coefficient (Wildman–Crippen LogP) is 6.49. The van der Waals surface area contributed by atoms with Crippen molar-refractivity contribution in [3.05, 3.63) is 137 Å². The van der Waals surface area contributed by atoms with Gasteiger partial charge in [-0.05, 0) is 92.7 Å². The number of nitrogens with two attached hydrogens (primary N) is 1. The number of H-pyrrole nitrogens is 2. The van der Waals surface area contributed by atoms with Gasteiger partial charge in [0.2, 0.25) is 0 Å². The molecule has 5 N–H and O–H groups in total. The molecular formula is C40H43FN8. The van der Waals surface area contributed by atoms with E-state index >= 15 is 0 Å². The SMILES string of the molecule is C=C/C(=C\C(=C/C)C(=C)/C=c1/c(-c2cc3c(-c4cc(F)cc(NCCN(C)C)c4)cncc3[nH]2)n[nH]/c1=C/C)N=C(N)Cc1ccccc1. The first-order valence-electron chi connectivity index (χ1n) is 16.1. The minimum absolute atomic E-state index is 0.318. The van der Waals surface area contributed by atoms with Crippen molar-refractivity contribution in [1.82, 2.24) is 25.1 Å². The smallest absolute Gasteiger partial charge is 0.125 e. The van der Waals surface area contributed by atoms with E-state index in [2.05, 4.69) is 48.5 Å². The zero-order chi connectivity index (χ0) is 34.9. The fourth-order valence-corrected chi connectivity index (χ4v) is 5.54. The molecule has 0 atom stereocenters. The van der Waals surface area contributed by atoms with E-state index in [0.717, 1.165) is 67.2 Å². The summed E-state index contributed by atoms with van der Waals surface area (Å²) in [5.74, 6) is 0.173. The van der Waals surface area contributed by atoms with Crippen LogP contribution in [0.25, 0.3) is 45.6 Å². The van der Waals surface area contributed by atoms with E-state index in [0.29, 0.717) is 30.2 Å². The van der Waals surface area contributed by atoms with E-state index in [-0.39, 0.29) is 5.82 Å². The van der Waals surface area contributed by atoms with Gasteiger partial charge in [0.1, 0.15) is 17.3 Å². The number of anilines is 1. The van der Waals surface area contributed by atoms with Crippen LogP contribution in [0.5, 0.6) is 0 Å². The first kappa shape index (κ1) is 34.5. The van der Waals surface area contributed by atoms with Crippen LogP contribution >= 0.6 is 0 Å². The molecule has 3 heterocycles. The molecule has 0 aliphatic rings. The number of nitrogens with zero attached hydrogens (tertiary/aromatic N) is 4. The summed E-state index contributed by atoms with van der Waals surface area (Å²) in [5.41, 5.74) is 14.2. The van der Waals surface area contributed by atoms with Crippen LogP contribution in [0.4, 0.5) is 10.1 Å². The van der Waals surface area contributed by atoms with E-state index in [4.69, 9.17) is 5.73 Å². The highest BCUT2D eigenvalue weighted by Crippen LogP contribution is 2.32. The molecule has 0 amide bonds. The van der Waals surface area contributed by atoms with Gasteiger partial charge in [-0.3, -0.25) is 10.1 Å². The Kier molecular flexibility index (Phi) is 11.2. The molecule has 0 bridgehead atoms. The molecule has 2 aromatic carbocycles. The van der Waals surface area contributed by atoms with Crippen molar-refractivity contribution >= 4 is 34.6 Å². The molecule has 0 saturated heterocycles. The second-order valence-corrected chi connectivity index (χ2v) is 11.9. The summed E-state index contributed by atoms with van der Waals surface area (Å²) in [6.45, 7) is 13.8. The summed E-state index contributed by atoms with van der Waals surface area (Å²) in [7, 11) is 4.01. The van der Waals surface area contributed by atoms with E-state index in [1.54, 1.807) is 18.5 Å². The van der Waals surface area contributed by atoms with Gasteiger partial charge in [0.25, 0.3) is 0 Å². The zero-order valence-electron chi connectivity index (χ0n) is 28.5. The van der Waals surface area contributed by atoms with Gasteiger partial charge in [-0.1, -0.05) is 55.6 Å². The van der Waals surface area contributed by atoms with Crippen LogP contribution in [0.15, 0.2) is 120 Å². The molecule has 0 unspecified atom stereocenters. The van der Waals surface area contributed by atoms with E-state index in [9.17, 15) is 4.39 Å². The van der Waals surface area contributed by atoms with E-state index < -0.39 is 0 Å². The van der Waals surface area contributed by atoms with Crippen molar-refractivity contribution in [3.63, 3.8) is 0 Å². The Morgan fingerprint density at radius 3 is 2.61 bits per heavy atom. The number of rotatable bonds is 13. The molecule has 5 rings (SSSR count). The lowest BCUT2D eigenvalue weighted by Gasteiger charge is -2.13. The summed E-state index contributed by atoms with van der Waals surface area (Å²) in [6.07, 6.45) is 13.6. The van der Waals surface area contributed by atoms with E-state index in [1.165, 1.54) is 12.1 Å². The average molecular weight is 655 g/mol. The van der Waals surface area contributed by atoms with Crippen molar-refractivity contribution in [1.29, 1.82) is 0 Å². The number of hydrogen-bond donors (Lipinski definition) is 4. The highest BCUT2D eigenvalue weighted by molar-refractivity contribution is 5.97. The molecule has 0 radical (unpaired) electrons. The second kappa shape index (κ2) is 15.9. The predicted molar refractivity (Wildman–Crippen MR) is 203 cm³/mol. The van der Waals surface area contributed by atoms with Crippen LogP contribution in [0.1, 0.15) is 19.4 Å². The molecule has 5 aromatic rings. The maximum absolute atomic E-state index is 14.8. The molecule has 250 valence electrons. The third-order valence-electron chi connectivity index (χ3n) is 8.03. The number of nitrogens with one attached hydrogen (secondary N) is 3. The Labute approximate surface area is 286 Å². The molecule has 0 aliphatic carbocycles. The minimum Gasteiger partial charge on any atom is -0.387 e. The molecule has 49 heavy (non-hydrogen) atoms. The highest BCUT2D eigenvalue weighted by Gasteiger charge is 2.14. The van der Waals surface area contributed by atoms with Crippen LogP contribution in [-0.4, -0.2) is 58.1 Å².